The molecule has 1 amide bonds. The Hall–Kier alpha value is -3.07. The number of benzene rings is 1. The molecule has 128 valence electrons. The smallest absolute Gasteiger partial charge is 0.266 e. The molecule has 6 heteroatoms. The lowest BCUT2D eigenvalue weighted by atomic mass is 9.98. The number of phenolic OH excluding ortho intramolecular Hbond substituents is 1. The van der Waals surface area contributed by atoms with Gasteiger partial charge in [-0.2, -0.15) is 5.26 Å². The van der Waals surface area contributed by atoms with Crippen molar-refractivity contribution >= 4 is 5.91 Å². The second kappa shape index (κ2) is 6.81. The van der Waals surface area contributed by atoms with Crippen molar-refractivity contribution in [3.8, 4) is 11.8 Å². The Bertz CT molecular complexity index is 911. The van der Waals surface area contributed by atoms with Crippen molar-refractivity contribution in [3.63, 3.8) is 0 Å². The van der Waals surface area contributed by atoms with E-state index in [0.717, 1.165) is 18.4 Å². The molecule has 0 radical (unpaired) electrons. The molecule has 1 aromatic carbocycles. The molecule has 25 heavy (non-hydrogen) atoms. The van der Waals surface area contributed by atoms with Gasteiger partial charge < -0.3 is 15.0 Å². The molecule has 1 aromatic heterocycles. The number of phenols is 1. The van der Waals surface area contributed by atoms with Crippen LogP contribution in [0.5, 0.6) is 5.75 Å². The maximum Gasteiger partial charge on any atom is 0.266 e. The van der Waals surface area contributed by atoms with Gasteiger partial charge in [0.1, 0.15) is 17.4 Å². The third-order valence-corrected chi connectivity index (χ3v) is 4.60. The molecule has 1 aliphatic heterocycles. The van der Waals surface area contributed by atoms with Crippen molar-refractivity contribution in [2.45, 2.75) is 19.8 Å². The second-order valence-corrected chi connectivity index (χ2v) is 6.44. The Labute approximate surface area is 145 Å². The third-order valence-electron chi connectivity index (χ3n) is 4.60. The highest BCUT2D eigenvalue weighted by Gasteiger charge is 2.28. The largest absolute Gasteiger partial charge is 0.508 e. The summed E-state index contributed by atoms with van der Waals surface area (Å²) in [5, 5.41) is 18.6. The molecule has 0 saturated carbocycles. The molecule has 1 fully saturated rings. The van der Waals surface area contributed by atoms with Crippen LogP contribution >= 0.6 is 0 Å². The van der Waals surface area contributed by atoms with Gasteiger partial charge in [0.2, 0.25) is 0 Å². The van der Waals surface area contributed by atoms with Gasteiger partial charge in [-0.25, -0.2) is 0 Å². The Kier molecular flexibility index (Phi) is 4.57. The fourth-order valence-corrected chi connectivity index (χ4v) is 3.30. The molecular formula is C19H19N3O3. The SMILES string of the molecule is Cc1[nH]c(=O)c(C#N)cc1C(=O)N1CCC(Cc2cccc(O)c2)C1. The van der Waals surface area contributed by atoms with Gasteiger partial charge in [0, 0.05) is 18.8 Å². The van der Waals surface area contributed by atoms with Crippen LogP contribution in [-0.2, 0) is 6.42 Å². The maximum atomic E-state index is 12.8. The van der Waals surface area contributed by atoms with E-state index in [4.69, 9.17) is 5.26 Å². The van der Waals surface area contributed by atoms with E-state index in [1.807, 2.05) is 18.2 Å². The van der Waals surface area contributed by atoms with Gasteiger partial charge in [-0.05, 0) is 49.4 Å². The normalized spacial score (nSPS) is 16.6. The van der Waals surface area contributed by atoms with Gasteiger partial charge >= 0.3 is 0 Å². The Morgan fingerprint density at radius 1 is 1.44 bits per heavy atom. The summed E-state index contributed by atoms with van der Waals surface area (Å²) in [5.41, 5.74) is 1.37. The Morgan fingerprint density at radius 2 is 2.24 bits per heavy atom. The quantitative estimate of drug-likeness (QED) is 0.895. The molecule has 1 aliphatic rings. The van der Waals surface area contributed by atoms with Crippen LogP contribution in [0.15, 0.2) is 35.1 Å². The van der Waals surface area contributed by atoms with Crippen LogP contribution in [0.2, 0.25) is 0 Å². The fourth-order valence-electron chi connectivity index (χ4n) is 3.30. The number of aromatic nitrogens is 1. The second-order valence-electron chi connectivity index (χ2n) is 6.44. The number of carbonyl (C=O) groups is 1. The van der Waals surface area contributed by atoms with Gasteiger partial charge in [-0.3, -0.25) is 9.59 Å². The number of pyridine rings is 1. The molecule has 6 nitrogen and oxygen atoms in total. The minimum Gasteiger partial charge on any atom is -0.508 e. The van der Waals surface area contributed by atoms with Crippen LogP contribution in [0.1, 0.15) is 33.6 Å². The molecule has 0 spiro atoms. The number of hydrogen-bond acceptors (Lipinski definition) is 4. The van der Waals surface area contributed by atoms with Crippen LogP contribution in [0.4, 0.5) is 0 Å². The zero-order valence-electron chi connectivity index (χ0n) is 14.0. The molecule has 2 aromatic rings. The van der Waals surface area contributed by atoms with Crippen LogP contribution < -0.4 is 5.56 Å². The van der Waals surface area contributed by atoms with Gasteiger partial charge in [0.05, 0.1) is 5.56 Å². The minimum absolute atomic E-state index is 0.0514. The van der Waals surface area contributed by atoms with Crippen LogP contribution in [0, 0.1) is 24.2 Å². The molecule has 1 atom stereocenters. The number of aromatic amines is 1. The topological polar surface area (TPSA) is 97.2 Å². The number of likely N-dealkylation sites (tertiary alicyclic amines) is 1. The van der Waals surface area contributed by atoms with Crippen molar-refractivity contribution in [2.24, 2.45) is 5.92 Å². The van der Waals surface area contributed by atoms with E-state index in [1.165, 1.54) is 6.07 Å². The molecule has 2 heterocycles. The van der Waals surface area contributed by atoms with E-state index in [0.29, 0.717) is 30.3 Å². The molecule has 0 bridgehead atoms. The lowest BCUT2D eigenvalue weighted by molar-refractivity contribution is 0.0785. The number of aromatic hydroxyl groups is 1. The summed E-state index contributed by atoms with van der Waals surface area (Å²) >= 11 is 0. The fraction of sp³-hybridized carbons (Fsp3) is 0.316. The van der Waals surface area contributed by atoms with Crippen molar-refractivity contribution in [3.05, 3.63) is 63.1 Å². The monoisotopic (exact) mass is 337 g/mol. The summed E-state index contributed by atoms with van der Waals surface area (Å²) in [5.74, 6) is 0.407. The van der Waals surface area contributed by atoms with Crippen molar-refractivity contribution in [2.75, 3.05) is 13.1 Å². The summed E-state index contributed by atoms with van der Waals surface area (Å²) in [7, 11) is 0. The van der Waals surface area contributed by atoms with Crippen LogP contribution in [-0.4, -0.2) is 34.0 Å². The predicted octanol–water partition coefficient (Wildman–Crippen LogP) is 1.97. The number of rotatable bonds is 3. The van der Waals surface area contributed by atoms with Crippen molar-refractivity contribution in [1.29, 1.82) is 5.26 Å². The number of amides is 1. The summed E-state index contributed by atoms with van der Waals surface area (Å²) in [6, 6.07) is 10.4. The van der Waals surface area contributed by atoms with E-state index in [9.17, 15) is 14.7 Å². The summed E-state index contributed by atoms with van der Waals surface area (Å²) < 4.78 is 0. The summed E-state index contributed by atoms with van der Waals surface area (Å²) in [6.45, 7) is 2.92. The first kappa shape index (κ1) is 16.8. The molecule has 1 saturated heterocycles. The predicted molar refractivity (Wildman–Crippen MR) is 92.3 cm³/mol. The Morgan fingerprint density at radius 3 is 2.96 bits per heavy atom. The standard InChI is InChI=1S/C19H19N3O3/c1-12-17(9-15(10-20)18(24)21-12)19(25)22-6-5-14(11-22)7-13-3-2-4-16(23)8-13/h2-4,8-9,14,23H,5-7,11H2,1H3,(H,21,24). The summed E-state index contributed by atoms with van der Waals surface area (Å²) in [4.78, 5) is 28.7. The average molecular weight is 337 g/mol. The van der Waals surface area contributed by atoms with E-state index in [1.54, 1.807) is 24.0 Å². The third kappa shape index (κ3) is 3.56. The first-order valence-electron chi connectivity index (χ1n) is 8.19. The lowest BCUT2D eigenvalue weighted by Gasteiger charge is -2.18. The number of nitrogens with one attached hydrogen (secondary N) is 1. The van der Waals surface area contributed by atoms with Crippen molar-refractivity contribution in [1.82, 2.24) is 9.88 Å². The molecule has 3 rings (SSSR count). The highest BCUT2D eigenvalue weighted by Crippen LogP contribution is 2.24. The van der Waals surface area contributed by atoms with E-state index < -0.39 is 5.56 Å². The van der Waals surface area contributed by atoms with E-state index in [2.05, 4.69) is 4.98 Å². The highest BCUT2D eigenvalue weighted by atomic mass is 16.3. The van der Waals surface area contributed by atoms with Crippen molar-refractivity contribution < 1.29 is 9.90 Å². The number of carbonyl (C=O) groups excluding carboxylic acids is 1. The molecule has 0 aliphatic carbocycles. The summed E-state index contributed by atoms with van der Waals surface area (Å²) in [6.07, 6.45) is 1.68. The molecular weight excluding hydrogens is 318 g/mol. The van der Waals surface area contributed by atoms with Gasteiger partial charge in [-0.15, -0.1) is 0 Å². The van der Waals surface area contributed by atoms with E-state index in [-0.39, 0.29) is 17.2 Å². The zero-order valence-corrected chi connectivity index (χ0v) is 14.0. The van der Waals surface area contributed by atoms with E-state index >= 15 is 0 Å². The van der Waals surface area contributed by atoms with Crippen LogP contribution in [0.25, 0.3) is 0 Å². The average Bonchev–Trinajstić information content (AvgIpc) is 3.03. The number of nitriles is 1. The Balaban J connectivity index is 1.73. The first-order valence-corrected chi connectivity index (χ1v) is 8.19. The van der Waals surface area contributed by atoms with Gasteiger partial charge in [0.25, 0.3) is 11.5 Å². The minimum atomic E-state index is -0.472. The molecule has 2 N–H and O–H groups in total. The van der Waals surface area contributed by atoms with Gasteiger partial charge in [0.15, 0.2) is 0 Å². The zero-order chi connectivity index (χ0) is 18.0. The van der Waals surface area contributed by atoms with Gasteiger partial charge in [-0.1, -0.05) is 12.1 Å². The maximum absolute atomic E-state index is 12.8. The molecule has 1 unspecified atom stereocenters. The lowest BCUT2D eigenvalue weighted by Crippen LogP contribution is -2.30. The van der Waals surface area contributed by atoms with Crippen LogP contribution in [0.3, 0.4) is 0 Å². The number of hydrogen-bond donors (Lipinski definition) is 2. The highest BCUT2D eigenvalue weighted by molar-refractivity contribution is 5.95. The number of nitrogens with zero attached hydrogens (tertiary/aromatic N) is 2. The first-order chi connectivity index (χ1) is 12.0. The number of aryl methyl sites for hydroxylation is 1. The number of H-pyrrole nitrogens is 1.